The molecule has 0 saturated carbocycles. The summed E-state index contributed by atoms with van der Waals surface area (Å²) in [6.07, 6.45) is 1.82. The first-order valence-corrected chi connectivity index (χ1v) is 10.3. The molecular weight excluding hydrogens is 372 g/mol. The van der Waals surface area contributed by atoms with E-state index in [1.165, 1.54) is 12.7 Å². The fraction of sp³-hybridized carbons (Fsp3) is 0.444. The summed E-state index contributed by atoms with van der Waals surface area (Å²) < 4.78 is 32.6. The lowest BCUT2D eigenvalue weighted by Gasteiger charge is -2.40. The molecule has 0 aliphatic carbocycles. The average Bonchev–Trinajstić information content (AvgIpc) is 2.93. The van der Waals surface area contributed by atoms with E-state index in [1.807, 2.05) is 29.8 Å². The predicted molar refractivity (Wildman–Crippen MR) is 99.2 cm³/mol. The van der Waals surface area contributed by atoms with E-state index < -0.39 is 16.0 Å². The molecule has 27 heavy (non-hydrogen) atoms. The van der Waals surface area contributed by atoms with Gasteiger partial charge < -0.3 is 4.74 Å². The van der Waals surface area contributed by atoms with Gasteiger partial charge in [0, 0.05) is 24.0 Å². The van der Waals surface area contributed by atoms with Crippen LogP contribution in [0.1, 0.15) is 28.5 Å². The molecule has 0 unspecified atom stereocenters. The highest BCUT2D eigenvalue weighted by Crippen LogP contribution is 2.44. The molecule has 8 nitrogen and oxygen atoms in total. The number of carbonyl (C=O) groups excluding carboxylic acids is 2. The number of ether oxygens (including phenoxy) is 1. The summed E-state index contributed by atoms with van der Waals surface area (Å²) in [4.78, 5) is 27.0. The van der Waals surface area contributed by atoms with Gasteiger partial charge in [0.25, 0.3) is 10.1 Å². The largest absolute Gasteiger partial charge is 0.469 e. The zero-order chi connectivity index (χ0) is 19.9. The fourth-order valence-electron chi connectivity index (χ4n) is 4.06. The monoisotopic (exact) mass is 394 g/mol. The minimum Gasteiger partial charge on any atom is -0.469 e. The molecule has 146 valence electrons. The molecule has 2 atom stereocenters. The van der Waals surface area contributed by atoms with Gasteiger partial charge in [-0.25, -0.2) is 0 Å². The normalized spacial score (nSPS) is 22.0. The number of likely N-dealkylation sites (N-methyl/N-ethyl adjacent to an activating group) is 1. The second kappa shape index (κ2) is 7.06. The Labute approximate surface area is 157 Å². The maximum atomic E-state index is 12.7. The average molecular weight is 394 g/mol. The summed E-state index contributed by atoms with van der Waals surface area (Å²) in [5.74, 6) is -0.729. The lowest BCUT2D eigenvalue weighted by Crippen LogP contribution is -2.45. The van der Waals surface area contributed by atoms with E-state index in [1.54, 1.807) is 0 Å². The van der Waals surface area contributed by atoms with E-state index in [0.717, 1.165) is 29.6 Å². The molecule has 1 aromatic carbocycles. The third-order valence-corrected chi connectivity index (χ3v) is 5.02. The Kier molecular flexibility index (Phi) is 5.11. The zero-order valence-corrected chi connectivity index (χ0v) is 16.2. The van der Waals surface area contributed by atoms with Crippen LogP contribution in [0.3, 0.4) is 0 Å². The number of esters is 1. The third kappa shape index (κ3) is 3.62. The predicted octanol–water partition coefficient (Wildman–Crippen LogP) is 1.51. The van der Waals surface area contributed by atoms with E-state index in [2.05, 4.69) is 11.0 Å². The van der Waals surface area contributed by atoms with Crippen LogP contribution in [-0.2, 0) is 26.1 Å². The van der Waals surface area contributed by atoms with Crippen molar-refractivity contribution in [3.8, 4) is 0 Å². The first-order valence-electron chi connectivity index (χ1n) is 8.49. The van der Waals surface area contributed by atoms with Crippen LogP contribution >= 0.6 is 0 Å². The summed E-state index contributed by atoms with van der Waals surface area (Å²) in [6, 6.07) is 7.93. The number of para-hydroxylation sites is 1. The van der Waals surface area contributed by atoms with E-state index in [4.69, 9.17) is 9.29 Å². The molecule has 0 radical (unpaired) electrons. The van der Waals surface area contributed by atoms with E-state index in [-0.39, 0.29) is 24.3 Å². The third-order valence-electron chi connectivity index (χ3n) is 5.02. The molecule has 0 bridgehead atoms. The highest BCUT2D eigenvalue weighted by atomic mass is 32.2. The molecule has 0 amide bonds. The van der Waals surface area contributed by atoms with Crippen LogP contribution in [0, 0.1) is 5.92 Å². The van der Waals surface area contributed by atoms with Gasteiger partial charge in [-0.05, 0) is 25.1 Å². The van der Waals surface area contributed by atoms with Crippen molar-refractivity contribution in [2.75, 3.05) is 27.0 Å². The van der Waals surface area contributed by atoms with E-state index in [0.29, 0.717) is 6.26 Å². The van der Waals surface area contributed by atoms with Gasteiger partial charge in [0.05, 0.1) is 30.8 Å². The molecule has 1 aromatic heterocycles. The van der Waals surface area contributed by atoms with E-state index >= 15 is 0 Å². The number of nitrogens with zero attached hydrogens (tertiary/aromatic N) is 2. The Bertz CT molecular complexity index is 1000. The highest BCUT2D eigenvalue weighted by Gasteiger charge is 2.45. The number of rotatable bonds is 1. The maximum absolute atomic E-state index is 12.7. The summed E-state index contributed by atoms with van der Waals surface area (Å²) in [5.41, 5.74) is 3.16. The maximum Gasteiger partial charge on any atom is 0.311 e. The van der Waals surface area contributed by atoms with Gasteiger partial charge in [-0.2, -0.15) is 8.42 Å². The van der Waals surface area contributed by atoms with Crippen molar-refractivity contribution in [3.63, 3.8) is 0 Å². The lowest BCUT2D eigenvalue weighted by molar-refractivity contribution is -0.148. The molecule has 9 heteroatoms. The molecule has 0 fully saturated rings. The van der Waals surface area contributed by atoms with Crippen molar-refractivity contribution < 1.29 is 27.3 Å². The zero-order valence-electron chi connectivity index (χ0n) is 15.4. The first-order chi connectivity index (χ1) is 12.6. The quantitative estimate of drug-likeness (QED) is 0.577. The second-order valence-electron chi connectivity index (χ2n) is 6.85. The SMILES string of the molecule is COC(=O)[C@H]1CC(=O)n2c3c(c4ccccc42)CCN(C)[C@H]31.CS(=O)(=O)O. The number of aromatic nitrogens is 1. The van der Waals surface area contributed by atoms with Crippen LogP contribution in [0.25, 0.3) is 10.9 Å². The van der Waals surface area contributed by atoms with Gasteiger partial charge in [0.1, 0.15) is 0 Å². The summed E-state index contributed by atoms with van der Waals surface area (Å²) in [7, 11) is -0.262. The molecule has 1 N–H and O–H groups in total. The number of carbonyl (C=O) groups is 2. The number of hydrogen-bond donors (Lipinski definition) is 1. The van der Waals surface area contributed by atoms with Crippen LogP contribution in [0.4, 0.5) is 0 Å². The standard InChI is InChI=1S/C17H18N2O3.CH4O3S/c1-18-8-7-11-10-5-3-4-6-13(10)19-14(20)9-12(17(21)22-2)15(18)16(11)19;1-5(2,3)4/h3-6,12,15H,7-9H2,1-2H3;1H3,(H,2,3,4)/t12-,15-;/m0./s1. The van der Waals surface area contributed by atoms with Gasteiger partial charge >= 0.3 is 5.97 Å². The molecule has 2 aromatic rings. The van der Waals surface area contributed by atoms with Crippen molar-refractivity contribution in [1.29, 1.82) is 0 Å². The Hall–Kier alpha value is -2.23. The highest BCUT2D eigenvalue weighted by molar-refractivity contribution is 7.85. The lowest BCUT2D eigenvalue weighted by atomic mass is 9.84. The molecule has 2 aliphatic heterocycles. The van der Waals surface area contributed by atoms with Crippen LogP contribution in [0.15, 0.2) is 24.3 Å². The summed E-state index contributed by atoms with van der Waals surface area (Å²) in [5, 5.41) is 1.13. The Morgan fingerprint density at radius 3 is 2.56 bits per heavy atom. The number of hydrogen-bond acceptors (Lipinski definition) is 6. The number of benzene rings is 1. The Balaban J connectivity index is 0.000000376. The molecule has 3 heterocycles. The van der Waals surface area contributed by atoms with Crippen molar-refractivity contribution in [2.24, 2.45) is 5.92 Å². The van der Waals surface area contributed by atoms with Gasteiger partial charge in [0.15, 0.2) is 0 Å². The van der Waals surface area contributed by atoms with Crippen molar-refractivity contribution in [1.82, 2.24) is 9.47 Å². The summed E-state index contributed by atoms with van der Waals surface area (Å²) in [6.45, 7) is 0.882. The topological polar surface area (TPSA) is 106 Å². The minimum absolute atomic E-state index is 0.0144. The van der Waals surface area contributed by atoms with Crippen molar-refractivity contribution >= 4 is 32.9 Å². The summed E-state index contributed by atoms with van der Waals surface area (Å²) >= 11 is 0. The Morgan fingerprint density at radius 1 is 1.30 bits per heavy atom. The fourth-order valence-corrected chi connectivity index (χ4v) is 4.06. The molecule has 0 spiro atoms. The first kappa shape index (κ1) is 19.5. The van der Waals surface area contributed by atoms with Crippen molar-refractivity contribution in [3.05, 3.63) is 35.5 Å². The van der Waals surface area contributed by atoms with Gasteiger partial charge in [-0.1, -0.05) is 18.2 Å². The molecule has 0 saturated heterocycles. The molecule has 4 rings (SSSR count). The minimum atomic E-state index is -3.67. The van der Waals surface area contributed by atoms with Crippen LogP contribution in [0.5, 0.6) is 0 Å². The van der Waals surface area contributed by atoms with E-state index in [9.17, 15) is 18.0 Å². The Morgan fingerprint density at radius 2 is 1.93 bits per heavy atom. The van der Waals surface area contributed by atoms with Gasteiger partial charge in [-0.3, -0.25) is 23.6 Å². The second-order valence-corrected chi connectivity index (χ2v) is 8.32. The number of methoxy groups -OCH3 is 1. The van der Waals surface area contributed by atoms with Gasteiger partial charge in [-0.15, -0.1) is 0 Å². The number of fused-ring (bicyclic) bond motifs is 3. The van der Waals surface area contributed by atoms with Crippen LogP contribution in [0.2, 0.25) is 0 Å². The van der Waals surface area contributed by atoms with Crippen molar-refractivity contribution in [2.45, 2.75) is 18.9 Å². The smallest absolute Gasteiger partial charge is 0.311 e. The van der Waals surface area contributed by atoms with Crippen LogP contribution in [-0.4, -0.2) is 61.3 Å². The molecule has 2 aliphatic rings. The molecular formula is C18H22N2O6S. The van der Waals surface area contributed by atoms with Crippen LogP contribution < -0.4 is 0 Å². The van der Waals surface area contributed by atoms with Gasteiger partial charge in [0.2, 0.25) is 5.91 Å².